The van der Waals surface area contributed by atoms with E-state index in [1.807, 2.05) is 42.6 Å². The molecule has 0 unspecified atom stereocenters. The van der Waals surface area contributed by atoms with Crippen molar-refractivity contribution in [1.29, 1.82) is 0 Å². The smallest absolute Gasteiger partial charge is 0.195 e. The third kappa shape index (κ3) is 2.74. The predicted octanol–water partition coefficient (Wildman–Crippen LogP) is 1.98. The first-order valence-corrected chi connectivity index (χ1v) is 6.20. The van der Waals surface area contributed by atoms with Gasteiger partial charge in [0.05, 0.1) is 5.60 Å². The highest BCUT2D eigenvalue weighted by molar-refractivity contribution is 7.99. The fraction of sp³-hybridized carbons (Fsp3) is 0.455. The number of aliphatic hydroxyl groups is 1. The number of hydrogen-bond acceptors (Lipinski definition) is 4. The molecule has 2 rings (SSSR count). The maximum absolute atomic E-state index is 9.60. The number of aromatic nitrogens is 3. The molecular weight excluding hydrogens is 222 g/mol. The molecule has 4 nitrogen and oxygen atoms in total. The maximum Gasteiger partial charge on any atom is 0.195 e. The van der Waals surface area contributed by atoms with Gasteiger partial charge in [-0.25, -0.2) is 0 Å². The lowest BCUT2D eigenvalue weighted by Crippen LogP contribution is -2.19. The van der Waals surface area contributed by atoms with E-state index in [1.165, 1.54) is 0 Å². The van der Waals surface area contributed by atoms with Crippen LogP contribution in [0.15, 0.2) is 29.6 Å². The molecule has 2 aromatic heterocycles. The van der Waals surface area contributed by atoms with E-state index in [9.17, 15) is 5.11 Å². The SMILES string of the molecule is CC(C)(O)CCSc1nnc2ccccn12. The number of thioether (sulfide) groups is 1. The van der Waals surface area contributed by atoms with Crippen LogP contribution in [0, 0.1) is 0 Å². The molecule has 16 heavy (non-hydrogen) atoms. The van der Waals surface area contributed by atoms with Crippen LogP contribution in [0.25, 0.3) is 5.65 Å². The van der Waals surface area contributed by atoms with Crippen LogP contribution < -0.4 is 0 Å². The summed E-state index contributed by atoms with van der Waals surface area (Å²) in [4.78, 5) is 0. The van der Waals surface area contributed by atoms with Crippen LogP contribution in [-0.4, -0.2) is 31.1 Å². The topological polar surface area (TPSA) is 50.4 Å². The molecule has 0 aromatic carbocycles. The molecule has 0 fully saturated rings. The number of nitrogens with zero attached hydrogens (tertiary/aromatic N) is 3. The van der Waals surface area contributed by atoms with Crippen molar-refractivity contribution in [2.45, 2.75) is 31.0 Å². The van der Waals surface area contributed by atoms with Crippen molar-refractivity contribution in [3.05, 3.63) is 24.4 Å². The number of hydrogen-bond donors (Lipinski definition) is 1. The Morgan fingerprint density at radius 1 is 1.38 bits per heavy atom. The van der Waals surface area contributed by atoms with Crippen molar-refractivity contribution in [3.63, 3.8) is 0 Å². The highest BCUT2D eigenvalue weighted by Gasteiger charge is 2.13. The summed E-state index contributed by atoms with van der Waals surface area (Å²) in [6, 6.07) is 5.82. The van der Waals surface area contributed by atoms with E-state index in [2.05, 4.69) is 10.2 Å². The van der Waals surface area contributed by atoms with Gasteiger partial charge in [0, 0.05) is 11.9 Å². The van der Waals surface area contributed by atoms with Gasteiger partial charge in [0.15, 0.2) is 10.8 Å². The Bertz CT molecular complexity index is 475. The normalized spacial score (nSPS) is 12.2. The molecule has 0 aliphatic carbocycles. The highest BCUT2D eigenvalue weighted by atomic mass is 32.2. The molecule has 0 atom stereocenters. The summed E-state index contributed by atoms with van der Waals surface area (Å²) in [6.45, 7) is 3.63. The van der Waals surface area contributed by atoms with Gasteiger partial charge in [0.25, 0.3) is 0 Å². The van der Waals surface area contributed by atoms with Crippen LogP contribution >= 0.6 is 11.8 Å². The van der Waals surface area contributed by atoms with Crippen LogP contribution in [0.1, 0.15) is 20.3 Å². The van der Waals surface area contributed by atoms with Gasteiger partial charge in [-0.2, -0.15) is 0 Å². The van der Waals surface area contributed by atoms with E-state index < -0.39 is 5.60 Å². The van der Waals surface area contributed by atoms with Crippen molar-refractivity contribution in [1.82, 2.24) is 14.6 Å². The average Bonchev–Trinajstić information content (AvgIpc) is 2.60. The molecule has 0 saturated carbocycles. The van der Waals surface area contributed by atoms with Crippen LogP contribution in [0.2, 0.25) is 0 Å². The first kappa shape index (κ1) is 11.4. The zero-order chi connectivity index (χ0) is 11.6. The maximum atomic E-state index is 9.60. The van der Waals surface area contributed by atoms with E-state index in [1.54, 1.807) is 11.8 Å². The van der Waals surface area contributed by atoms with E-state index >= 15 is 0 Å². The second-order valence-electron chi connectivity index (χ2n) is 4.32. The molecule has 5 heteroatoms. The summed E-state index contributed by atoms with van der Waals surface area (Å²) in [5.74, 6) is 0.833. The van der Waals surface area contributed by atoms with Crippen LogP contribution in [0.3, 0.4) is 0 Å². The Hall–Kier alpha value is -1.07. The summed E-state index contributed by atoms with van der Waals surface area (Å²) in [6.07, 6.45) is 2.68. The van der Waals surface area contributed by atoms with Crippen LogP contribution in [0.5, 0.6) is 0 Å². The number of rotatable bonds is 4. The van der Waals surface area contributed by atoms with Gasteiger partial charge in [0.2, 0.25) is 0 Å². The van der Waals surface area contributed by atoms with E-state index in [-0.39, 0.29) is 0 Å². The summed E-state index contributed by atoms with van der Waals surface area (Å²) in [5, 5.41) is 18.7. The van der Waals surface area contributed by atoms with Crippen molar-refractivity contribution in [2.24, 2.45) is 0 Å². The monoisotopic (exact) mass is 237 g/mol. The Morgan fingerprint density at radius 2 is 2.19 bits per heavy atom. The molecule has 0 spiro atoms. The number of fused-ring (bicyclic) bond motifs is 1. The Balaban J connectivity index is 2.05. The fourth-order valence-electron chi connectivity index (χ4n) is 1.31. The summed E-state index contributed by atoms with van der Waals surface area (Å²) < 4.78 is 1.95. The molecule has 0 bridgehead atoms. The number of pyridine rings is 1. The largest absolute Gasteiger partial charge is 0.390 e. The molecule has 0 radical (unpaired) electrons. The van der Waals surface area contributed by atoms with Crippen molar-refractivity contribution < 1.29 is 5.11 Å². The lowest BCUT2D eigenvalue weighted by atomic mass is 10.1. The van der Waals surface area contributed by atoms with Crippen molar-refractivity contribution >= 4 is 17.4 Å². The average molecular weight is 237 g/mol. The zero-order valence-electron chi connectivity index (χ0n) is 9.42. The van der Waals surface area contributed by atoms with Gasteiger partial charge in [0.1, 0.15) is 0 Å². The molecule has 1 N–H and O–H groups in total. The fourth-order valence-corrected chi connectivity index (χ4v) is 2.49. The first-order valence-electron chi connectivity index (χ1n) is 5.21. The molecule has 86 valence electrons. The third-order valence-corrected chi connectivity index (χ3v) is 3.17. The van der Waals surface area contributed by atoms with Crippen molar-refractivity contribution in [2.75, 3.05) is 5.75 Å². The summed E-state index contributed by atoms with van der Waals surface area (Å²) in [7, 11) is 0. The van der Waals surface area contributed by atoms with Gasteiger partial charge in [-0.3, -0.25) is 4.40 Å². The van der Waals surface area contributed by atoms with E-state index in [4.69, 9.17) is 0 Å². The molecule has 0 aliphatic rings. The molecular formula is C11H15N3OS. The predicted molar refractivity (Wildman–Crippen MR) is 64.6 cm³/mol. The lowest BCUT2D eigenvalue weighted by Gasteiger charge is -2.15. The van der Waals surface area contributed by atoms with Gasteiger partial charge in [-0.15, -0.1) is 10.2 Å². The van der Waals surface area contributed by atoms with Gasteiger partial charge in [-0.1, -0.05) is 17.8 Å². The van der Waals surface area contributed by atoms with Gasteiger partial charge < -0.3 is 5.11 Å². The van der Waals surface area contributed by atoms with E-state index in [0.717, 1.165) is 23.0 Å². The molecule has 2 heterocycles. The summed E-state index contributed by atoms with van der Waals surface area (Å²) >= 11 is 1.61. The quantitative estimate of drug-likeness (QED) is 0.826. The second kappa shape index (κ2) is 4.43. The zero-order valence-corrected chi connectivity index (χ0v) is 10.2. The minimum Gasteiger partial charge on any atom is -0.390 e. The molecule has 2 aromatic rings. The minimum absolute atomic E-state index is 0.618. The summed E-state index contributed by atoms with van der Waals surface area (Å²) in [5.41, 5.74) is 0.237. The Labute approximate surface area is 98.7 Å². The second-order valence-corrected chi connectivity index (χ2v) is 5.38. The molecule has 0 amide bonds. The van der Waals surface area contributed by atoms with Gasteiger partial charge in [-0.05, 0) is 32.4 Å². The molecule has 0 saturated heterocycles. The lowest BCUT2D eigenvalue weighted by molar-refractivity contribution is 0.0777. The van der Waals surface area contributed by atoms with Gasteiger partial charge >= 0.3 is 0 Å². The molecule has 0 aliphatic heterocycles. The Morgan fingerprint density at radius 3 is 2.94 bits per heavy atom. The van der Waals surface area contributed by atoms with E-state index in [0.29, 0.717) is 0 Å². The first-order chi connectivity index (χ1) is 7.56. The van der Waals surface area contributed by atoms with Crippen LogP contribution in [0.4, 0.5) is 0 Å². The van der Waals surface area contributed by atoms with Crippen LogP contribution in [-0.2, 0) is 0 Å². The minimum atomic E-state index is -0.618. The standard InChI is InChI=1S/C11H15N3OS/c1-11(2,15)6-8-16-10-13-12-9-5-3-4-7-14(9)10/h3-5,7,15H,6,8H2,1-2H3. The Kier molecular flexibility index (Phi) is 3.16. The van der Waals surface area contributed by atoms with Crippen molar-refractivity contribution in [3.8, 4) is 0 Å². The third-order valence-electron chi connectivity index (χ3n) is 2.23. The highest BCUT2D eigenvalue weighted by Crippen LogP contribution is 2.20.